The first-order valence-electron chi connectivity index (χ1n) is 3.66. The van der Waals surface area contributed by atoms with Crippen molar-refractivity contribution in [2.24, 2.45) is 7.05 Å². The van der Waals surface area contributed by atoms with Crippen LogP contribution in [0.15, 0.2) is 12.3 Å². The van der Waals surface area contributed by atoms with Crippen LogP contribution < -0.4 is 0 Å². The minimum Gasteiger partial charge on any atom is -0.353 e. The molecule has 12 heavy (non-hydrogen) atoms. The summed E-state index contributed by atoms with van der Waals surface area (Å²) in [5.74, 6) is 0. The van der Waals surface area contributed by atoms with Gasteiger partial charge in [0.25, 0.3) is 0 Å². The van der Waals surface area contributed by atoms with Crippen molar-refractivity contribution in [3.63, 3.8) is 0 Å². The molecular formula is C9H9N3. The Morgan fingerprint density at radius 2 is 2.00 bits per heavy atom. The van der Waals surface area contributed by atoms with E-state index in [4.69, 9.17) is 10.5 Å². The third kappa shape index (κ3) is 1.46. The van der Waals surface area contributed by atoms with Gasteiger partial charge in [0.05, 0.1) is 25.0 Å². The monoisotopic (exact) mass is 159 g/mol. The number of aromatic nitrogens is 1. The number of rotatable bonds is 2. The lowest BCUT2D eigenvalue weighted by molar-refractivity contribution is 0.851. The number of nitriles is 2. The highest BCUT2D eigenvalue weighted by atomic mass is 14.9. The molecule has 0 unspecified atom stereocenters. The summed E-state index contributed by atoms with van der Waals surface area (Å²) in [4.78, 5) is 0. The Kier molecular flexibility index (Phi) is 2.50. The minimum atomic E-state index is 0.376. The van der Waals surface area contributed by atoms with Gasteiger partial charge in [-0.25, -0.2) is 0 Å². The summed E-state index contributed by atoms with van der Waals surface area (Å²) in [6.45, 7) is 0. The average molecular weight is 159 g/mol. The van der Waals surface area contributed by atoms with E-state index in [2.05, 4.69) is 12.1 Å². The first-order valence-corrected chi connectivity index (χ1v) is 3.66. The molecule has 0 aliphatic rings. The fraction of sp³-hybridized carbons (Fsp3) is 0.333. The highest BCUT2D eigenvalue weighted by molar-refractivity contribution is 5.27. The fourth-order valence-electron chi connectivity index (χ4n) is 1.17. The summed E-state index contributed by atoms with van der Waals surface area (Å²) in [5, 5.41) is 17.0. The Bertz CT molecular complexity index is 349. The Balaban J connectivity index is 2.99. The fourth-order valence-corrected chi connectivity index (χ4v) is 1.17. The number of hydrogen-bond donors (Lipinski definition) is 0. The van der Waals surface area contributed by atoms with Crippen LogP contribution >= 0.6 is 0 Å². The van der Waals surface area contributed by atoms with E-state index in [1.165, 1.54) is 0 Å². The molecule has 0 spiro atoms. The van der Waals surface area contributed by atoms with Crippen LogP contribution in [0, 0.1) is 22.7 Å². The van der Waals surface area contributed by atoms with Crippen molar-refractivity contribution in [3.8, 4) is 12.1 Å². The van der Waals surface area contributed by atoms with Crippen LogP contribution in [0.25, 0.3) is 0 Å². The molecule has 0 amide bonds. The Labute approximate surface area is 71.5 Å². The molecule has 1 rings (SSSR count). The topological polar surface area (TPSA) is 52.5 Å². The minimum absolute atomic E-state index is 0.376. The second-order valence-electron chi connectivity index (χ2n) is 2.57. The van der Waals surface area contributed by atoms with E-state index in [9.17, 15) is 0 Å². The Morgan fingerprint density at radius 1 is 1.33 bits per heavy atom. The van der Waals surface area contributed by atoms with Crippen molar-refractivity contribution in [1.29, 1.82) is 10.5 Å². The van der Waals surface area contributed by atoms with Gasteiger partial charge < -0.3 is 4.57 Å². The first kappa shape index (κ1) is 8.36. The van der Waals surface area contributed by atoms with Gasteiger partial charge in [0.1, 0.15) is 0 Å². The molecule has 1 heterocycles. The maximum Gasteiger partial charge on any atom is 0.0757 e. The predicted octanol–water partition coefficient (Wildman–Crippen LogP) is 1.16. The van der Waals surface area contributed by atoms with Gasteiger partial charge in [-0.15, -0.1) is 0 Å². The van der Waals surface area contributed by atoms with E-state index in [1.54, 1.807) is 0 Å². The van der Waals surface area contributed by atoms with Gasteiger partial charge in [0, 0.05) is 18.9 Å². The van der Waals surface area contributed by atoms with Crippen LogP contribution in [0.1, 0.15) is 11.3 Å². The molecule has 0 bridgehead atoms. The zero-order valence-corrected chi connectivity index (χ0v) is 6.91. The van der Waals surface area contributed by atoms with Crippen LogP contribution in [0.5, 0.6) is 0 Å². The molecule has 0 aromatic carbocycles. The van der Waals surface area contributed by atoms with Crippen molar-refractivity contribution in [2.45, 2.75) is 12.8 Å². The third-order valence-corrected chi connectivity index (χ3v) is 1.81. The summed E-state index contributed by atoms with van der Waals surface area (Å²) in [5.41, 5.74) is 1.90. The molecule has 0 saturated carbocycles. The Hall–Kier alpha value is -1.74. The smallest absolute Gasteiger partial charge is 0.0757 e. The van der Waals surface area contributed by atoms with Crippen molar-refractivity contribution < 1.29 is 0 Å². The summed E-state index contributed by atoms with van der Waals surface area (Å²) in [6, 6.07) is 6.04. The maximum atomic E-state index is 8.51. The molecule has 0 saturated heterocycles. The largest absolute Gasteiger partial charge is 0.353 e. The quantitative estimate of drug-likeness (QED) is 0.650. The molecule has 3 nitrogen and oxygen atoms in total. The van der Waals surface area contributed by atoms with Gasteiger partial charge in [-0.3, -0.25) is 0 Å². The molecule has 0 atom stereocenters. The zero-order chi connectivity index (χ0) is 8.97. The molecule has 1 aromatic rings. The van der Waals surface area contributed by atoms with Crippen molar-refractivity contribution >= 4 is 0 Å². The summed E-state index contributed by atoms with van der Waals surface area (Å²) in [7, 11) is 1.88. The SMILES string of the molecule is Cn1ccc(CC#N)c1CC#N. The van der Waals surface area contributed by atoms with E-state index >= 15 is 0 Å². The molecule has 0 radical (unpaired) electrons. The van der Waals surface area contributed by atoms with E-state index in [1.807, 2.05) is 23.9 Å². The van der Waals surface area contributed by atoms with Crippen LogP contribution in [0.3, 0.4) is 0 Å². The predicted molar refractivity (Wildman–Crippen MR) is 44.0 cm³/mol. The molecule has 0 aliphatic heterocycles. The van der Waals surface area contributed by atoms with Gasteiger partial charge in [-0.2, -0.15) is 10.5 Å². The number of hydrogen-bond acceptors (Lipinski definition) is 2. The van der Waals surface area contributed by atoms with Gasteiger partial charge in [0.15, 0.2) is 0 Å². The normalized spacial score (nSPS) is 8.92. The summed E-state index contributed by atoms with van der Waals surface area (Å²) in [6.07, 6.45) is 2.64. The lowest BCUT2D eigenvalue weighted by atomic mass is 10.1. The highest BCUT2D eigenvalue weighted by Gasteiger charge is 2.04. The molecular weight excluding hydrogens is 150 g/mol. The second kappa shape index (κ2) is 3.59. The van der Waals surface area contributed by atoms with Crippen LogP contribution in [-0.2, 0) is 19.9 Å². The van der Waals surface area contributed by atoms with E-state index in [-0.39, 0.29) is 0 Å². The van der Waals surface area contributed by atoms with Gasteiger partial charge in [0.2, 0.25) is 0 Å². The molecule has 60 valence electrons. The molecule has 0 aliphatic carbocycles. The highest BCUT2D eigenvalue weighted by Crippen LogP contribution is 2.10. The van der Waals surface area contributed by atoms with Crippen molar-refractivity contribution in [1.82, 2.24) is 4.57 Å². The Morgan fingerprint density at radius 3 is 2.58 bits per heavy atom. The third-order valence-electron chi connectivity index (χ3n) is 1.81. The molecule has 3 heteroatoms. The molecule has 1 aromatic heterocycles. The van der Waals surface area contributed by atoms with Crippen LogP contribution in [-0.4, -0.2) is 4.57 Å². The second-order valence-corrected chi connectivity index (χ2v) is 2.57. The summed E-state index contributed by atoms with van der Waals surface area (Å²) < 4.78 is 1.88. The van der Waals surface area contributed by atoms with Gasteiger partial charge >= 0.3 is 0 Å². The standard InChI is InChI=1S/C9H9N3/c1-12-7-4-8(2-5-10)9(12)3-6-11/h4,7H,2-3H2,1H3. The van der Waals surface area contributed by atoms with Gasteiger partial charge in [-0.1, -0.05) is 0 Å². The van der Waals surface area contributed by atoms with Crippen LogP contribution in [0.2, 0.25) is 0 Å². The first-order chi connectivity index (χ1) is 5.79. The lowest BCUT2D eigenvalue weighted by Gasteiger charge is -1.99. The number of nitrogens with zero attached hydrogens (tertiary/aromatic N) is 3. The van der Waals surface area contributed by atoms with E-state index in [0.717, 1.165) is 11.3 Å². The molecule has 0 fully saturated rings. The van der Waals surface area contributed by atoms with Crippen molar-refractivity contribution in [2.75, 3.05) is 0 Å². The molecule has 0 N–H and O–H groups in total. The van der Waals surface area contributed by atoms with E-state index in [0.29, 0.717) is 12.8 Å². The van der Waals surface area contributed by atoms with Crippen molar-refractivity contribution in [3.05, 3.63) is 23.5 Å². The summed E-state index contributed by atoms with van der Waals surface area (Å²) >= 11 is 0. The van der Waals surface area contributed by atoms with Gasteiger partial charge in [-0.05, 0) is 11.6 Å². The zero-order valence-electron chi connectivity index (χ0n) is 6.91. The van der Waals surface area contributed by atoms with E-state index < -0.39 is 0 Å². The lowest BCUT2D eigenvalue weighted by Crippen LogP contribution is -1.96. The van der Waals surface area contributed by atoms with Crippen LogP contribution in [0.4, 0.5) is 0 Å². The number of aryl methyl sites for hydroxylation is 1. The average Bonchev–Trinajstić information content (AvgIpc) is 2.37. The maximum absolute atomic E-state index is 8.51.